The van der Waals surface area contributed by atoms with E-state index in [1.807, 2.05) is 0 Å². The summed E-state index contributed by atoms with van der Waals surface area (Å²) in [6.45, 7) is 0.279. The first kappa shape index (κ1) is 24.7. The summed E-state index contributed by atoms with van der Waals surface area (Å²) in [5.41, 5.74) is 0.536. The molecule has 0 saturated carbocycles. The van der Waals surface area contributed by atoms with Crippen molar-refractivity contribution in [2.24, 2.45) is 0 Å². The van der Waals surface area contributed by atoms with E-state index in [9.17, 15) is 35.1 Å². The lowest BCUT2D eigenvalue weighted by molar-refractivity contribution is -0.285. The Morgan fingerprint density at radius 2 is 2.12 bits per heavy atom. The summed E-state index contributed by atoms with van der Waals surface area (Å²) in [4.78, 5) is 26.6. The molecule has 176 valence electrons. The van der Waals surface area contributed by atoms with Crippen LogP contribution in [0.2, 0.25) is 5.02 Å². The van der Waals surface area contributed by atoms with Crippen LogP contribution in [0.3, 0.4) is 0 Å². The second-order valence-electron chi connectivity index (χ2n) is 7.44. The second kappa shape index (κ2) is 9.51. The number of aliphatic hydroxyl groups is 4. The number of nitrogens with one attached hydrogen (secondary N) is 2. The maximum atomic E-state index is 12.2. The zero-order valence-electron chi connectivity index (χ0n) is 16.7. The molecule has 0 radical (unpaired) electrons. The van der Waals surface area contributed by atoms with Crippen molar-refractivity contribution in [3.8, 4) is 5.88 Å². The number of ether oxygens (including phenoxy) is 2. The summed E-state index contributed by atoms with van der Waals surface area (Å²) in [6, 6.07) is 3.52. The molecule has 6 atom stereocenters. The molecule has 1 saturated heterocycles. The van der Waals surface area contributed by atoms with E-state index in [2.05, 4.69) is 26.2 Å². The summed E-state index contributed by atoms with van der Waals surface area (Å²) in [6.07, 6.45) is -7.41. The quantitative estimate of drug-likeness (QED) is 0.258. The number of carboxylic acid groups (broad SMARTS) is 1. The average Bonchev–Trinajstić information content (AvgIpc) is 3.14. The number of aromatic amines is 1. The molecule has 1 aliphatic rings. The van der Waals surface area contributed by atoms with Gasteiger partial charge in [0.2, 0.25) is 5.91 Å². The molecule has 1 aromatic heterocycles. The van der Waals surface area contributed by atoms with Gasteiger partial charge in [0, 0.05) is 28.4 Å². The molecule has 3 rings (SSSR count). The largest absolute Gasteiger partial charge is 0.476 e. The van der Waals surface area contributed by atoms with E-state index in [0.29, 0.717) is 20.4 Å². The van der Waals surface area contributed by atoms with Gasteiger partial charge < -0.3 is 45.3 Å². The van der Waals surface area contributed by atoms with Crippen LogP contribution >= 0.6 is 27.5 Å². The van der Waals surface area contributed by atoms with E-state index >= 15 is 0 Å². The van der Waals surface area contributed by atoms with E-state index < -0.39 is 61.1 Å². The van der Waals surface area contributed by atoms with E-state index in [-0.39, 0.29) is 5.88 Å². The Bertz CT molecular complexity index is 1020. The molecule has 0 unspecified atom stereocenters. The van der Waals surface area contributed by atoms with Crippen LogP contribution in [-0.4, -0.2) is 85.2 Å². The van der Waals surface area contributed by atoms with Crippen molar-refractivity contribution < 1.29 is 44.6 Å². The molecule has 32 heavy (non-hydrogen) atoms. The topological polar surface area (TPSA) is 182 Å². The van der Waals surface area contributed by atoms with Crippen molar-refractivity contribution in [1.29, 1.82) is 0 Å². The molecule has 0 bridgehead atoms. The number of carbonyl (C=O) groups is 2. The molecule has 2 aromatic rings. The van der Waals surface area contributed by atoms with Gasteiger partial charge in [-0.3, -0.25) is 4.79 Å². The molecule has 7 N–H and O–H groups in total. The molecule has 1 aromatic carbocycles. The maximum Gasteiger partial charge on any atom is 0.377 e. The Kier molecular flexibility index (Phi) is 7.34. The summed E-state index contributed by atoms with van der Waals surface area (Å²) in [5.74, 6) is -4.77. The molecule has 0 aliphatic carbocycles. The molecule has 0 spiro atoms. The van der Waals surface area contributed by atoms with Crippen molar-refractivity contribution in [3.05, 3.63) is 27.7 Å². The Balaban J connectivity index is 2.00. The highest BCUT2D eigenvalue weighted by Crippen LogP contribution is 2.38. The summed E-state index contributed by atoms with van der Waals surface area (Å²) < 4.78 is 11.8. The van der Waals surface area contributed by atoms with Gasteiger partial charge in [-0.05, 0) is 28.1 Å². The normalized spacial score (nSPS) is 27.7. The fourth-order valence-corrected chi connectivity index (χ4v) is 4.15. The van der Waals surface area contributed by atoms with Gasteiger partial charge in [0.25, 0.3) is 0 Å². The molecular weight excluding hydrogens is 516 g/mol. The number of hydrogen-bond donors (Lipinski definition) is 7. The van der Waals surface area contributed by atoms with Crippen LogP contribution in [0.5, 0.6) is 5.88 Å². The number of aliphatic carboxylic acids is 1. The first-order chi connectivity index (χ1) is 15.0. The van der Waals surface area contributed by atoms with Crippen LogP contribution in [-0.2, 0) is 14.3 Å². The van der Waals surface area contributed by atoms with Gasteiger partial charge >= 0.3 is 11.8 Å². The Morgan fingerprint density at radius 1 is 1.44 bits per heavy atom. The fraction of sp³-hybridized carbons (Fsp3) is 0.474. The van der Waals surface area contributed by atoms with Crippen molar-refractivity contribution in [2.75, 3.05) is 6.61 Å². The van der Waals surface area contributed by atoms with E-state index in [0.717, 1.165) is 6.92 Å². The number of carbonyl (C=O) groups excluding carboxylic acids is 1. The lowest BCUT2D eigenvalue weighted by atomic mass is 9.88. The van der Waals surface area contributed by atoms with Gasteiger partial charge in [-0.2, -0.15) is 0 Å². The van der Waals surface area contributed by atoms with Gasteiger partial charge in [-0.25, -0.2) is 4.79 Å². The first-order valence-corrected chi connectivity index (χ1v) is 10.6. The van der Waals surface area contributed by atoms with Gasteiger partial charge in [-0.15, -0.1) is 0 Å². The van der Waals surface area contributed by atoms with E-state index in [1.54, 1.807) is 12.1 Å². The monoisotopic (exact) mass is 536 g/mol. The zero-order chi connectivity index (χ0) is 23.8. The van der Waals surface area contributed by atoms with E-state index in [1.165, 1.54) is 6.07 Å². The number of hydrogen-bond acceptors (Lipinski definition) is 8. The van der Waals surface area contributed by atoms with Gasteiger partial charge in [0.15, 0.2) is 5.88 Å². The highest BCUT2D eigenvalue weighted by molar-refractivity contribution is 9.10. The molecule has 1 amide bonds. The van der Waals surface area contributed by atoms with E-state index in [4.69, 9.17) is 21.1 Å². The molecule has 13 heteroatoms. The highest BCUT2D eigenvalue weighted by Gasteiger charge is 2.56. The smallest absolute Gasteiger partial charge is 0.377 e. The van der Waals surface area contributed by atoms with Gasteiger partial charge in [0.05, 0.1) is 30.2 Å². The number of fused-ring (bicyclic) bond motifs is 1. The lowest BCUT2D eigenvalue weighted by Crippen LogP contribution is -2.68. The Hall–Kier alpha value is -1.93. The molecule has 1 fully saturated rings. The molecule has 2 heterocycles. The Morgan fingerprint density at radius 3 is 2.72 bits per heavy atom. The van der Waals surface area contributed by atoms with Crippen molar-refractivity contribution in [3.63, 3.8) is 0 Å². The number of benzene rings is 1. The van der Waals surface area contributed by atoms with Gasteiger partial charge in [-0.1, -0.05) is 11.6 Å². The highest BCUT2D eigenvalue weighted by atomic mass is 79.9. The molecule has 1 aliphatic heterocycles. The number of rotatable bonds is 7. The van der Waals surface area contributed by atoms with Gasteiger partial charge in [0.1, 0.15) is 18.3 Å². The van der Waals surface area contributed by atoms with Crippen LogP contribution in [0.1, 0.15) is 13.3 Å². The lowest BCUT2D eigenvalue weighted by Gasteiger charge is -2.46. The van der Waals surface area contributed by atoms with Crippen LogP contribution in [0.15, 0.2) is 22.7 Å². The minimum atomic E-state index is -2.50. The van der Waals surface area contributed by atoms with Crippen LogP contribution < -0.4 is 10.1 Å². The zero-order valence-corrected chi connectivity index (χ0v) is 19.0. The number of halogens is 2. The predicted octanol–water partition coefficient (Wildman–Crippen LogP) is 0.112. The number of carboxylic acids is 1. The first-order valence-electron chi connectivity index (χ1n) is 9.48. The molecule has 11 nitrogen and oxygen atoms in total. The number of H-pyrrole nitrogens is 1. The number of aliphatic hydroxyl groups excluding tert-OH is 4. The molecular formula is C19H22BrClN2O9. The standard InChI is InChI=1S/C19H22BrClN2O9/c1-7(25)22-15-11(26)5-19(18(29)30,32-17(15)16(28)12(27)6-24)31-13-4-8-10(23-13)3-2-9(20)14(8)21/h2-4,11-12,15-17,23-24,26-28H,5-6H2,1H3,(H,22,25)(H,29,30)/t11-,12+,15+,16+,17+,19+/m0/s1. The summed E-state index contributed by atoms with van der Waals surface area (Å²) >= 11 is 9.54. The minimum Gasteiger partial charge on any atom is -0.476 e. The second-order valence-corrected chi connectivity index (χ2v) is 8.67. The van der Waals surface area contributed by atoms with Crippen LogP contribution in [0.4, 0.5) is 0 Å². The third-order valence-electron chi connectivity index (χ3n) is 5.13. The SMILES string of the molecule is CC(=O)N[C@H]1[C@H]([C@H](O)[C@H](O)CO)O[C@@](Oc2cc3c(Cl)c(Br)ccc3[nH]2)(C(=O)O)C[C@@H]1O. The Labute approximate surface area is 195 Å². The van der Waals surface area contributed by atoms with Crippen molar-refractivity contribution in [2.45, 2.75) is 49.6 Å². The number of amides is 1. The van der Waals surface area contributed by atoms with Crippen LogP contribution in [0, 0.1) is 0 Å². The minimum absolute atomic E-state index is 0.0523. The summed E-state index contributed by atoms with van der Waals surface area (Å²) in [7, 11) is 0. The summed E-state index contributed by atoms with van der Waals surface area (Å²) in [5, 5.41) is 53.3. The van der Waals surface area contributed by atoms with Crippen molar-refractivity contribution in [1.82, 2.24) is 10.3 Å². The third-order valence-corrected chi connectivity index (χ3v) is 6.42. The maximum absolute atomic E-state index is 12.2. The van der Waals surface area contributed by atoms with Crippen molar-refractivity contribution >= 4 is 50.3 Å². The average molecular weight is 538 g/mol. The van der Waals surface area contributed by atoms with Crippen LogP contribution in [0.25, 0.3) is 10.9 Å². The fourth-order valence-electron chi connectivity index (χ4n) is 3.58. The predicted molar refractivity (Wildman–Crippen MR) is 114 cm³/mol. The third kappa shape index (κ3) is 4.71. The number of aromatic nitrogens is 1.